The number of sulfonamides is 2. The highest BCUT2D eigenvalue weighted by Gasteiger charge is 2.26. The van der Waals surface area contributed by atoms with E-state index in [-0.39, 0.29) is 23.8 Å². The van der Waals surface area contributed by atoms with Crippen LogP contribution in [-0.4, -0.2) is 73.3 Å². The van der Waals surface area contributed by atoms with E-state index in [2.05, 4.69) is 5.32 Å². The first-order valence-electron chi connectivity index (χ1n) is 10.7. The van der Waals surface area contributed by atoms with Gasteiger partial charge >= 0.3 is 0 Å². The highest BCUT2D eigenvalue weighted by molar-refractivity contribution is 7.92. The number of rotatable bonds is 10. The minimum absolute atomic E-state index is 0.0933. The Balaban J connectivity index is 1.55. The van der Waals surface area contributed by atoms with Gasteiger partial charge in [0, 0.05) is 31.7 Å². The Morgan fingerprint density at radius 3 is 2.21 bits per heavy atom. The van der Waals surface area contributed by atoms with Gasteiger partial charge in [0.1, 0.15) is 5.75 Å². The summed E-state index contributed by atoms with van der Waals surface area (Å²) in [5, 5.41) is 2.72. The van der Waals surface area contributed by atoms with Gasteiger partial charge in [-0.3, -0.25) is 9.10 Å². The van der Waals surface area contributed by atoms with Crippen LogP contribution in [0.25, 0.3) is 0 Å². The number of ether oxygens (including phenoxy) is 2. The summed E-state index contributed by atoms with van der Waals surface area (Å²) in [6.45, 7) is 1.48. The maximum Gasteiger partial charge on any atom is 0.243 e. The second kappa shape index (κ2) is 11.2. The third kappa shape index (κ3) is 6.69. The molecular weight excluding hydrogens is 482 g/mol. The van der Waals surface area contributed by atoms with Crippen molar-refractivity contribution >= 4 is 37.3 Å². The van der Waals surface area contributed by atoms with Gasteiger partial charge < -0.3 is 14.8 Å². The molecule has 34 heavy (non-hydrogen) atoms. The van der Waals surface area contributed by atoms with Crippen LogP contribution in [0.1, 0.15) is 12.8 Å². The number of hydrogen-bond acceptors (Lipinski definition) is 7. The van der Waals surface area contributed by atoms with E-state index in [9.17, 15) is 21.6 Å². The molecule has 2 aromatic carbocycles. The molecule has 1 N–H and O–H groups in total. The number of amides is 1. The van der Waals surface area contributed by atoms with Crippen molar-refractivity contribution in [1.29, 1.82) is 0 Å². The topological polar surface area (TPSA) is 122 Å². The zero-order valence-electron chi connectivity index (χ0n) is 19.1. The number of hydrogen-bond donors (Lipinski definition) is 1. The van der Waals surface area contributed by atoms with Crippen molar-refractivity contribution in [3.05, 3.63) is 48.5 Å². The van der Waals surface area contributed by atoms with Crippen LogP contribution in [0, 0.1) is 0 Å². The standard InChI is InChI=1S/C22H29N3O7S2/c1-31-20-9-7-19(8-10-20)25(33(2,27)28)13-3-4-22(26)23-18-5-11-21(12-6-18)34(29,30)24-14-16-32-17-15-24/h5-12H,3-4,13-17H2,1-2H3,(H,23,26). The van der Waals surface area contributed by atoms with Crippen molar-refractivity contribution < 1.29 is 31.1 Å². The summed E-state index contributed by atoms with van der Waals surface area (Å²) >= 11 is 0. The molecule has 0 saturated carbocycles. The van der Waals surface area contributed by atoms with Crippen molar-refractivity contribution in [3.8, 4) is 5.75 Å². The molecule has 1 saturated heterocycles. The lowest BCUT2D eigenvalue weighted by molar-refractivity contribution is -0.116. The van der Waals surface area contributed by atoms with Crippen LogP contribution in [0.5, 0.6) is 5.75 Å². The third-order valence-electron chi connectivity index (χ3n) is 5.27. The second-order valence-corrected chi connectivity index (χ2v) is 11.6. The summed E-state index contributed by atoms with van der Waals surface area (Å²) in [7, 11) is -5.61. The van der Waals surface area contributed by atoms with E-state index in [0.717, 1.165) is 6.26 Å². The molecule has 1 fully saturated rings. The maximum absolute atomic E-state index is 12.7. The Labute approximate surface area is 200 Å². The molecule has 12 heteroatoms. The lowest BCUT2D eigenvalue weighted by Gasteiger charge is -2.26. The molecule has 0 spiro atoms. The first-order chi connectivity index (χ1) is 16.1. The average molecular weight is 512 g/mol. The Hall–Kier alpha value is -2.67. The van der Waals surface area contributed by atoms with Crippen molar-refractivity contribution in [3.63, 3.8) is 0 Å². The summed E-state index contributed by atoms with van der Waals surface area (Å²) < 4.78 is 62.7. The average Bonchev–Trinajstić information content (AvgIpc) is 2.82. The number of carbonyl (C=O) groups is 1. The number of anilines is 2. The largest absolute Gasteiger partial charge is 0.497 e. The molecule has 0 bridgehead atoms. The maximum atomic E-state index is 12.7. The van der Waals surface area contributed by atoms with Gasteiger partial charge in [-0.25, -0.2) is 16.8 Å². The van der Waals surface area contributed by atoms with Crippen LogP contribution in [0.2, 0.25) is 0 Å². The van der Waals surface area contributed by atoms with Crippen LogP contribution in [0.3, 0.4) is 0 Å². The van der Waals surface area contributed by atoms with Crippen molar-refractivity contribution in [2.24, 2.45) is 0 Å². The van der Waals surface area contributed by atoms with Gasteiger partial charge in [0.05, 0.1) is 37.2 Å². The Kier molecular flexibility index (Phi) is 8.52. The molecule has 2 aromatic rings. The van der Waals surface area contributed by atoms with Gasteiger partial charge in [0.2, 0.25) is 26.0 Å². The second-order valence-electron chi connectivity index (χ2n) is 7.73. The molecule has 0 radical (unpaired) electrons. The zero-order chi connectivity index (χ0) is 24.8. The fourth-order valence-electron chi connectivity index (χ4n) is 3.49. The van der Waals surface area contributed by atoms with E-state index in [1.807, 2.05) is 0 Å². The van der Waals surface area contributed by atoms with Crippen molar-refractivity contribution in [2.45, 2.75) is 17.7 Å². The number of methoxy groups -OCH3 is 1. The van der Waals surface area contributed by atoms with Crippen LogP contribution >= 0.6 is 0 Å². The molecule has 3 rings (SSSR count). The highest BCUT2D eigenvalue weighted by Crippen LogP contribution is 2.22. The smallest absolute Gasteiger partial charge is 0.243 e. The molecule has 1 heterocycles. The van der Waals surface area contributed by atoms with E-state index < -0.39 is 20.0 Å². The van der Waals surface area contributed by atoms with E-state index in [1.54, 1.807) is 24.3 Å². The summed E-state index contributed by atoms with van der Waals surface area (Å²) in [6, 6.07) is 12.6. The van der Waals surface area contributed by atoms with Gasteiger partial charge in [-0.15, -0.1) is 0 Å². The number of carbonyl (C=O) groups excluding carboxylic acids is 1. The number of morpholine rings is 1. The third-order valence-corrected chi connectivity index (χ3v) is 8.38. The van der Waals surface area contributed by atoms with Gasteiger partial charge in [0.15, 0.2) is 0 Å². The fraction of sp³-hybridized carbons (Fsp3) is 0.409. The number of benzene rings is 2. The van der Waals surface area contributed by atoms with Crippen molar-refractivity contribution in [2.75, 3.05) is 55.8 Å². The highest BCUT2D eigenvalue weighted by atomic mass is 32.2. The summed E-state index contributed by atoms with van der Waals surface area (Å²) in [5.41, 5.74) is 0.946. The molecule has 1 aliphatic heterocycles. The first kappa shape index (κ1) is 25.9. The van der Waals surface area contributed by atoms with E-state index in [4.69, 9.17) is 9.47 Å². The van der Waals surface area contributed by atoms with Crippen LogP contribution in [0.15, 0.2) is 53.4 Å². The van der Waals surface area contributed by atoms with Crippen molar-refractivity contribution in [1.82, 2.24) is 4.31 Å². The number of nitrogens with one attached hydrogen (secondary N) is 1. The molecule has 0 aliphatic carbocycles. The van der Waals surface area contributed by atoms with E-state index >= 15 is 0 Å². The SMILES string of the molecule is COc1ccc(N(CCCC(=O)Nc2ccc(S(=O)(=O)N3CCOCC3)cc2)S(C)(=O)=O)cc1. The summed E-state index contributed by atoms with van der Waals surface area (Å²) in [5.74, 6) is 0.312. The molecule has 10 nitrogen and oxygen atoms in total. The van der Waals surface area contributed by atoms with Gasteiger partial charge in [-0.05, 0) is 55.0 Å². The summed E-state index contributed by atoms with van der Waals surface area (Å²) in [4.78, 5) is 12.5. The predicted octanol–water partition coefficient (Wildman–Crippen LogP) is 1.90. The lowest BCUT2D eigenvalue weighted by Crippen LogP contribution is -2.40. The van der Waals surface area contributed by atoms with Crippen LogP contribution < -0.4 is 14.4 Å². The molecule has 1 amide bonds. The molecular formula is C22H29N3O7S2. The molecule has 1 aliphatic rings. The Morgan fingerprint density at radius 1 is 1.03 bits per heavy atom. The molecule has 0 aromatic heterocycles. The molecule has 186 valence electrons. The van der Waals surface area contributed by atoms with Gasteiger partial charge in [-0.2, -0.15) is 4.31 Å². The predicted molar refractivity (Wildman–Crippen MR) is 129 cm³/mol. The zero-order valence-corrected chi connectivity index (χ0v) is 20.8. The molecule has 0 unspecified atom stereocenters. The quantitative estimate of drug-likeness (QED) is 0.517. The van der Waals surface area contributed by atoms with E-state index in [1.165, 1.54) is 40.0 Å². The Bertz CT molecular complexity index is 1180. The minimum atomic E-state index is -3.61. The fourth-order valence-corrected chi connectivity index (χ4v) is 5.86. The Morgan fingerprint density at radius 2 is 1.65 bits per heavy atom. The monoisotopic (exact) mass is 511 g/mol. The van der Waals surface area contributed by atoms with Crippen LogP contribution in [-0.2, 0) is 29.6 Å². The van der Waals surface area contributed by atoms with Gasteiger partial charge in [0.25, 0.3) is 0 Å². The van der Waals surface area contributed by atoms with E-state index in [0.29, 0.717) is 49.8 Å². The number of nitrogens with zero attached hydrogens (tertiary/aromatic N) is 2. The minimum Gasteiger partial charge on any atom is -0.497 e. The normalized spacial score (nSPS) is 15.0. The van der Waals surface area contributed by atoms with Crippen LogP contribution in [0.4, 0.5) is 11.4 Å². The van der Waals surface area contributed by atoms with Gasteiger partial charge in [-0.1, -0.05) is 0 Å². The molecule has 0 atom stereocenters. The summed E-state index contributed by atoms with van der Waals surface area (Å²) in [6.07, 6.45) is 1.51. The lowest BCUT2D eigenvalue weighted by atomic mass is 10.2. The first-order valence-corrected chi connectivity index (χ1v) is 14.0.